The van der Waals surface area contributed by atoms with Crippen molar-refractivity contribution in [2.24, 2.45) is 0 Å². The number of aryl methyl sites for hydroxylation is 1. The van der Waals surface area contributed by atoms with Crippen molar-refractivity contribution in [3.05, 3.63) is 16.0 Å². The summed E-state index contributed by atoms with van der Waals surface area (Å²) in [6.07, 6.45) is 5.59. The molecule has 1 aromatic rings. The molecule has 2 N–H and O–H groups in total. The lowest BCUT2D eigenvalue weighted by molar-refractivity contribution is -0.116. The van der Waals surface area contributed by atoms with E-state index in [1.165, 1.54) is 23.3 Å². The number of thiophene rings is 1. The molecule has 1 unspecified atom stereocenters. The van der Waals surface area contributed by atoms with E-state index in [0.717, 1.165) is 44.2 Å². The van der Waals surface area contributed by atoms with Gasteiger partial charge in [-0.25, -0.2) is 4.79 Å². The van der Waals surface area contributed by atoms with Crippen LogP contribution in [0.3, 0.4) is 0 Å². The van der Waals surface area contributed by atoms with Crippen molar-refractivity contribution in [3.63, 3.8) is 0 Å². The molecule has 1 aliphatic carbocycles. The van der Waals surface area contributed by atoms with Crippen molar-refractivity contribution in [3.8, 4) is 0 Å². The van der Waals surface area contributed by atoms with Crippen LogP contribution in [-0.2, 0) is 22.4 Å². The fraction of sp³-hybridized carbons (Fsp3) is 0.600. The zero-order valence-electron chi connectivity index (χ0n) is 12.2. The summed E-state index contributed by atoms with van der Waals surface area (Å²) in [6.45, 7) is 0.985. The van der Waals surface area contributed by atoms with E-state index in [9.17, 15) is 9.59 Å². The Labute approximate surface area is 128 Å². The lowest BCUT2D eigenvalue weighted by atomic mass is 10.1. The molecule has 1 amide bonds. The van der Waals surface area contributed by atoms with Gasteiger partial charge >= 0.3 is 5.97 Å². The summed E-state index contributed by atoms with van der Waals surface area (Å²) in [4.78, 5) is 25.4. The van der Waals surface area contributed by atoms with E-state index < -0.39 is 0 Å². The number of nitrogens with one attached hydrogen (secondary N) is 2. The van der Waals surface area contributed by atoms with Gasteiger partial charge in [0.2, 0.25) is 5.91 Å². The van der Waals surface area contributed by atoms with Gasteiger partial charge in [0, 0.05) is 17.3 Å². The molecule has 3 rings (SSSR count). The van der Waals surface area contributed by atoms with Crippen LogP contribution in [0.2, 0.25) is 0 Å². The van der Waals surface area contributed by atoms with Crippen molar-refractivity contribution in [1.82, 2.24) is 5.32 Å². The van der Waals surface area contributed by atoms with Crippen LogP contribution in [0, 0.1) is 0 Å². The van der Waals surface area contributed by atoms with Gasteiger partial charge in [0.25, 0.3) is 0 Å². The number of ether oxygens (including phenoxy) is 1. The molecule has 1 aromatic heterocycles. The molecule has 1 saturated heterocycles. The molecular weight excluding hydrogens is 288 g/mol. The molecule has 0 saturated carbocycles. The van der Waals surface area contributed by atoms with Crippen LogP contribution in [-0.4, -0.2) is 31.6 Å². The summed E-state index contributed by atoms with van der Waals surface area (Å²) in [6, 6.07) is 0.262. The second-order valence-electron chi connectivity index (χ2n) is 5.60. The molecule has 1 aliphatic heterocycles. The third-order valence-corrected chi connectivity index (χ3v) is 5.37. The van der Waals surface area contributed by atoms with Crippen molar-refractivity contribution in [1.29, 1.82) is 0 Å². The first-order valence-corrected chi connectivity index (χ1v) is 8.26. The van der Waals surface area contributed by atoms with Crippen molar-refractivity contribution in [2.75, 3.05) is 19.0 Å². The Bertz CT molecular complexity index is 562. The summed E-state index contributed by atoms with van der Waals surface area (Å²) in [5, 5.41) is 6.89. The molecule has 1 fully saturated rings. The van der Waals surface area contributed by atoms with E-state index in [0.29, 0.717) is 17.0 Å². The standard InChI is InChI=1S/C15H20N2O3S/c1-20-15(19)13-10-5-2-6-11(10)21-14(13)17-12(18)8-9-4-3-7-16-9/h9,16H,2-8H2,1H3,(H,17,18). The molecule has 0 bridgehead atoms. The number of carbonyl (C=O) groups is 2. The molecule has 5 nitrogen and oxygen atoms in total. The second kappa shape index (κ2) is 6.15. The fourth-order valence-electron chi connectivity index (χ4n) is 3.14. The predicted molar refractivity (Wildman–Crippen MR) is 82.0 cm³/mol. The number of hydrogen-bond donors (Lipinski definition) is 2. The number of esters is 1. The first-order chi connectivity index (χ1) is 10.2. The maximum atomic E-state index is 12.2. The highest BCUT2D eigenvalue weighted by Crippen LogP contribution is 2.39. The average Bonchev–Trinajstić information content (AvgIpc) is 3.14. The summed E-state index contributed by atoms with van der Waals surface area (Å²) in [5.74, 6) is -0.372. The van der Waals surface area contributed by atoms with E-state index in [4.69, 9.17) is 4.74 Å². The van der Waals surface area contributed by atoms with E-state index in [-0.39, 0.29) is 17.9 Å². The number of rotatable bonds is 4. The molecule has 1 atom stereocenters. The van der Waals surface area contributed by atoms with Gasteiger partial charge in [-0.3, -0.25) is 4.79 Å². The van der Waals surface area contributed by atoms with Crippen LogP contribution in [0.15, 0.2) is 0 Å². The minimum absolute atomic E-state index is 0.0283. The Morgan fingerprint density at radius 1 is 1.38 bits per heavy atom. The predicted octanol–water partition coefficient (Wildman–Crippen LogP) is 2.10. The molecule has 6 heteroatoms. The lowest BCUT2D eigenvalue weighted by Crippen LogP contribution is -2.27. The zero-order valence-corrected chi connectivity index (χ0v) is 13.0. The van der Waals surface area contributed by atoms with Gasteiger partial charge in [-0.1, -0.05) is 0 Å². The smallest absolute Gasteiger partial charge is 0.341 e. The average molecular weight is 308 g/mol. The molecule has 0 spiro atoms. The Morgan fingerprint density at radius 3 is 2.95 bits per heavy atom. The van der Waals surface area contributed by atoms with Crippen LogP contribution in [0.4, 0.5) is 5.00 Å². The van der Waals surface area contributed by atoms with Gasteiger partial charge in [-0.05, 0) is 44.2 Å². The molecule has 2 heterocycles. The largest absolute Gasteiger partial charge is 0.465 e. The first kappa shape index (κ1) is 14.5. The molecule has 0 aromatic carbocycles. The SMILES string of the molecule is COC(=O)c1c(NC(=O)CC2CCCN2)sc2c1CCC2. The highest BCUT2D eigenvalue weighted by molar-refractivity contribution is 7.17. The molecule has 2 aliphatic rings. The lowest BCUT2D eigenvalue weighted by Gasteiger charge is -2.10. The summed E-state index contributed by atoms with van der Waals surface area (Å²) < 4.78 is 4.88. The van der Waals surface area contributed by atoms with Crippen molar-refractivity contribution in [2.45, 2.75) is 44.6 Å². The minimum Gasteiger partial charge on any atom is -0.465 e. The monoisotopic (exact) mass is 308 g/mol. The maximum Gasteiger partial charge on any atom is 0.341 e. The molecular formula is C15H20N2O3S. The van der Waals surface area contributed by atoms with Crippen molar-refractivity contribution < 1.29 is 14.3 Å². The second-order valence-corrected chi connectivity index (χ2v) is 6.70. The third-order valence-electron chi connectivity index (χ3n) is 4.16. The van der Waals surface area contributed by atoms with Crippen LogP contribution < -0.4 is 10.6 Å². The topological polar surface area (TPSA) is 67.4 Å². The van der Waals surface area contributed by atoms with Crippen LogP contribution in [0.5, 0.6) is 0 Å². The highest BCUT2D eigenvalue weighted by atomic mass is 32.1. The van der Waals surface area contributed by atoms with Crippen LogP contribution >= 0.6 is 11.3 Å². The molecule has 21 heavy (non-hydrogen) atoms. The first-order valence-electron chi connectivity index (χ1n) is 7.45. The van der Waals surface area contributed by atoms with Crippen LogP contribution in [0.25, 0.3) is 0 Å². The van der Waals surface area contributed by atoms with E-state index in [2.05, 4.69) is 10.6 Å². The van der Waals surface area contributed by atoms with E-state index >= 15 is 0 Å². The summed E-state index contributed by atoms with van der Waals surface area (Å²) >= 11 is 1.53. The van der Waals surface area contributed by atoms with Gasteiger partial charge in [-0.2, -0.15) is 0 Å². The summed E-state index contributed by atoms with van der Waals surface area (Å²) in [5.41, 5.74) is 1.64. The van der Waals surface area contributed by atoms with Gasteiger partial charge in [0.1, 0.15) is 5.00 Å². The van der Waals surface area contributed by atoms with Gasteiger partial charge < -0.3 is 15.4 Å². The maximum absolute atomic E-state index is 12.2. The number of fused-ring (bicyclic) bond motifs is 1. The fourth-order valence-corrected chi connectivity index (χ4v) is 4.44. The number of hydrogen-bond acceptors (Lipinski definition) is 5. The Balaban J connectivity index is 1.75. The van der Waals surface area contributed by atoms with Gasteiger partial charge in [0.15, 0.2) is 0 Å². The number of amides is 1. The van der Waals surface area contributed by atoms with E-state index in [1.807, 2.05) is 0 Å². The Hall–Kier alpha value is -1.40. The molecule has 114 valence electrons. The zero-order chi connectivity index (χ0) is 14.8. The number of carbonyl (C=O) groups excluding carboxylic acids is 2. The third kappa shape index (κ3) is 2.96. The minimum atomic E-state index is -0.344. The van der Waals surface area contributed by atoms with Gasteiger partial charge in [-0.15, -0.1) is 11.3 Å². The number of methoxy groups -OCH3 is 1. The molecule has 0 radical (unpaired) electrons. The van der Waals surface area contributed by atoms with Gasteiger partial charge in [0.05, 0.1) is 12.7 Å². The Morgan fingerprint density at radius 2 is 2.24 bits per heavy atom. The highest BCUT2D eigenvalue weighted by Gasteiger charge is 2.28. The normalized spacial score (nSPS) is 20.3. The van der Waals surface area contributed by atoms with Crippen LogP contribution in [0.1, 0.15) is 46.5 Å². The van der Waals surface area contributed by atoms with Crippen molar-refractivity contribution >= 4 is 28.2 Å². The quantitative estimate of drug-likeness (QED) is 0.836. The Kier molecular flexibility index (Phi) is 4.26. The summed E-state index contributed by atoms with van der Waals surface area (Å²) in [7, 11) is 1.38. The van der Waals surface area contributed by atoms with E-state index in [1.54, 1.807) is 0 Å². The number of anilines is 1.